The number of carbonyl (C=O) groups excluding carboxylic acids is 1. The number of rotatable bonds is 6. The molecule has 0 radical (unpaired) electrons. The summed E-state index contributed by atoms with van der Waals surface area (Å²) in [6.45, 7) is 1.84. The first-order valence-corrected chi connectivity index (χ1v) is 12.2. The van der Waals surface area contributed by atoms with Crippen LogP contribution >= 0.6 is 0 Å². The van der Waals surface area contributed by atoms with Gasteiger partial charge in [0.25, 0.3) is 0 Å². The highest BCUT2D eigenvalue weighted by atomic mass is 16.6. The molecule has 2 atom stereocenters. The molecule has 182 valence electrons. The minimum Gasteiger partial charge on any atom is -0.481 e. The van der Waals surface area contributed by atoms with Crippen molar-refractivity contribution in [3.63, 3.8) is 0 Å². The van der Waals surface area contributed by atoms with Gasteiger partial charge in [-0.05, 0) is 67.1 Å². The van der Waals surface area contributed by atoms with Crippen molar-refractivity contribution < 1.29 is 19.4 Å². The fourth-order valence-corrected chi connectivity index (χ4v) is 5.59. The zero-order valence-corrected chi connectivity index (χ0v) is 20.1. The van der Waals surface area contributed by atoms with Crippen molar-refractivity contribution in [2.75, 3.05) is 5.32 Å². The summed E-state index contributed by atoms with van der Waals surface area (Å²) in [7, 11) is 1.79. The number of ether oxygens (including phenoxy) is 1. The third-order valence-corrected chi connectivity index (χ3v) is 7.87. The minimum absolute atomic E-state index is 0.0607. The maximum atomic E-state index is 12.6. The van der Waals surface area contributed by atoms with Gasteiger partial charge in [-0.15, -0.1) is 0 Å². The molecule has 1 amide bonds. The number of anilines is 1. The van der Waals surface area contributed by atoms with E-state index in [1.807, 2.05) is 37.3 Å². The number of amides is 1. The molecule has 0 saturated heterocycles. The first-order valence-electron chi connectivity index (χ1n) is 12.2. The molecule has 2 aliphatic carbocycles. The van der Waals surface area contributed by atoms with Crippen LogP contribution in [0.4, 0.5) is 10.6 Å². The van der Waals surface area contributed by atoms with Gasteiger partial charge in [0.15, 0.2) is 0 Å². The SMILES string of the molecule is CC(OC(=O)Nc1c(-c2ccc(C3CCC4(CC3)CC4C(=O)O)cc2)cnn1C)c1ccccc1. The normalized spacial score (nSPS) is 24.1. The highest BCUT2D eigenvalue weighted by molar-refractivity contribution is 5.90. The Morgan fingerprint density at radius 2 is 1.80 bits per heavy atom. The molecule has 0 bridgehead atoms. The van der Waals surface area contributed by atoms with Gasteiger partial charge in [-0.1, -0.05) is 54.6 Å². The number of aromatic nitrogens is 2. The van der Waals surface area contributed by atoms with Crippen LogP contribution in [0, 0.1) is 11.3 Å². The molecule has 1 aromatic heterocycles. The molecule has 2 saturated carbocycles. The van der Waals surface area contributed by atoms with Crippen molar-refractivity contribution >= 4 is 17.9 Å². The predicted octanol–water partition coefficient (Wildman–Crippen LogP) is 6.15. The van der Waals surface area contributed by atoms with E-state index in [2.05, 4.69) is 34.7 Å². The average Bonchev–Trinajstić information content (AvgIpc) is 3.46. The lowest BCUT2D eigenvalue weighted by molar-refractivity contribution is -0.139. The van der Waals surface area contributed by atoms with Crippen LogP contribution in [0.25, 0.3) is 11.1 Å². The van der Waals surface area contributed by atoms with Gasteiger partial charge >= 0.3 is 12.1 Å². The summed E-state index contributed by atoms with van der Waals surface area (Å²) in [6.07, 6.45) is 5.75. The molecule has 35 heavy (non-hydrogen) atoms. The average molecular weight is 474 g/mol. The van der Waals surface area contributed by atoms with Crippen LogP contribution in [0.2, 0.25) is 0 Å². The minimum atomic E-state index is -0.632. The van der Waals surface area contributed by atoms with Crippen LogP contribution in [-0.4, -0.2) is 26.9 Å². The van der Waals surface area contributed by atoms with E-state index in [1.54, 1.807) is 17.9 Å². The maximum absolute atomic E-state index is 12.6. The number of benzene rings is 2. The van der Waals surface area contributed by atoms with Gasteiger partial charge in [0.2, 0.25) is 0 Å². The molecular formula is C28H31N3O4. The van der Waals surface area contributed by atoms with Crippen molar-refractivity contribution in [1.29, 1.82) is 0 Å². The number of aliphatic carboxylic acids is 1. The van der Waals surface area contributed by atoms with Gasteiger partial charge in [-0.3, -0.25) is 14.8 Å². The van der Waals surface area contributed by atoms with Crippen LogP contribution in [0.1, 0.15) is 62.2 Å². The molecule has 2 fully saturated rings. The van der Waals surface area contributed by atoms with Crippen molar-refractivity contribution in [2.45, 2.75) is 51.0 Å². The second-order valence-corrected chi connectivity index (χ2v) is 9.97. The summed E-state index contributed by atoms with van der Waals surface area (Å²) in [5, 5.41) is 16.5. The number of nitrogens with one attached hydrogen (secondary N) is 1. The molecule has 7 heteroatoms. The molecule has 1 spiro atoms. The highest BCUT2D eigenvalue weighted by Crippen LogP contribution is 2.63. The summed E-state index contributed by atoms with van der Waals surface area (Å²) >= 11 is 0. The second kappa shape index (κ2) is 9.21. The molecular weight excluding hydrogens is 442 g/mol. The first kappa shape index (κ1) is 23.1. The Kier molecular flexibility index (Phi) is 6.09. The highest BCUT2D eigenvalue weighted by Gasteiger charge is 2.58. The monoisotopic (exact) mass is 473 g/mol. The van der Waals surface area contributed by atoms with Crippen molar-refractivity contribution in [1.82, 2.24) is 9.78 Å². The Morgan fingerprint density at radius 3 is 2.43 bits per heavy atom. The van der Waals surface area contributed by atoms with Gasteiger partial charge in [0.1, 0.15) is 11.9 Å². The quantitative estimate of drug-likeness (QED) is 0.448. The summed E-state index contributed by atoms with van der Waals surface area (Å²) in [6, 6.07) is 18.0. The van der Waals surface area contributed by atoms with Gasteiger partial charge in [0, 0.05) is 12.6 Å². The lowest BCUT2D eigenvalue weighted by Crippen LogP contribution is -2.18. The third-order valence-electron chi connectivity index (χ3n) is 7.87. The van der Waals surface area contributed by atoms with Crippen LogP contribution in [0.5, 0.6) is 0 Å². The Labute approximate surface area is 205 Å². The summed E-state index contributed by atoms with van der Waals surface area (Å²) in [4.78, 5) is 23.9. The standard InChI is InChI=1S/C28H31N3O4/c1-18(19-6-4-3-5-7-19)35-27(34)30-25-23(17-29-31(25)2)22-10-8-20(9-11-22)21-12-14-28(15-13-21)16-24(28)26(32)33/h3-11,17-18,21,24H,12-16H2,1-2H3,(H,30,34)(H,32,33). The summed E-state index contributed by atoms with van der Waals surface area (Å²) in [5.74, 6) is 0.276. The largest absolute Gasteiger partial charge is 0.481 e. The first-order chi connectivity index (χ1) is 16.9. The Balaban J connectivity index is 1.23. The molecule has 2 aromatic carbocycles. The number of aryl methyl sites for hydroxylation is 1. The number of carboxylic acid groups (broad SMARTS) is 1. The fraction of sp³-hybridized carbons (Fsp3) is 0.393. The molecule has 3 aromatic rings. The lowest BCUT2D eigenvalue weighted by Gasteiger charge is -2.29. The van der Waals surface area contributed by atoms with Gasteiger partial charge in [0.05, 0.1) is 12.1 Å². The third kappa shape index (κ3) is 4.67. The van der Waals surface area contributed by atoms with Crippen molar-refractivity contribution in [2.24, 2.45) is 18.4 Å². The topological polar surface area (TPSA) is 93.4 Å². The van der Waals surface area contributed by atoms with E-state index in [0.29, 0.717) is 11.7 Å². The van der Waals surface area contributed by atoms with E-state index >= 15 is 0 Å². The zero-order valence-electron chi connectivity index (χ0n) is 20.1. The summed E-state index contributed by atoms with van der Waals surface area (Å²) in [5.41, 5.74) is 4.07. The van der Waals surface area contributed by atoms with Crippen LogP contribution in [0.3, 0.4) is 0 Å². The van der Waals surface area contributed by atoms with Gasteiger partial charge in [-0.25, -0.2) is 4.79 Å². The maximum Gasteiger partial charge on any atom is 0.413 e. The number of nitrogens with zero attached hydrogens (tertiary/aromatic N) is 2. The van der Waals surface area contributed by atoms with E-state index < -0.39 is 12.1 Å². The molecule has 7 nitrogen and oxygen atoms in total. The van der Waals surface area contributed by atoms with Crippen LogP contribution in [0.15, 0.2) is 60.8 Å². The molecule has 2 unspecified atom stereocenters. The Bertz CT molecular complexity index is 1210. The number of carboxylic acids is 1. The molecule has 1 heterocycles. The fourth-order valence-electron chi connectivity index (χ4n) is 5.59. The Hall–Kier alpha value is -3.61. The van der Waals surface area contributed by atoms with Gasteiger partial charge < -0.3 is 9.84 Å². The van der Waals surface area contributed by atoms with E-state index in [1.165, 1.54) is 5.56 Å². The zero-order chi connectivity index (χ0) is 24.6. The molecule has 5 rings (SSSR count). The molecule has 2 aliphatic rings. The van der Waals surface area contributed by atoms with E-state index in [9.17, 15) is 14.7 Å². The van der Waals surface area contributed by atoms with Crippen LogP contribution < -0.4 is 5.32 Å². The molecule has 2 N–H and O–H groups in total. The van der Waals surface area contributed by atoms with E-state index in [4.69, 9.17) is 4.74 Å². The lowest BCUT2D eigenvalue weighted by atomic mass is 9.75. The summed E-state index contributed by atoms with van der Waals surface area (Å²) < 4.78 is 7.20. The van der Waals surface area contributed by atoms with Crippen molar-refractivity contribution in [3.8, 4) is 11.1 Å². The van der Waals surface area contributed by atoms with Crippen molar-refractivity contribution in [3.05, 3.63) is 71.9 Å². The number of hydrogen-bond donors (Lipinski definition) is 2. The van der Waals surface area contributed by atoms with E-state index in [0.717, 1.165) is 48.8 Å². The second-order valence-electron chi connectivity index (χ2n) is 9.97. The van der Waals surface area contributed by atoms with E-state index in [-0.39, 0.29) is 17.4 Å². The predicted molar refractivity (Wildman–Crippen MR) is 133 cm³/mol. The van der Waals surface area contributed by atoms with Crippen LogP contribution in [-0.2, 0) is 16.6 Å². The van der Waals surface area contributed by atoms with Gasteiger partial charge in [-0.2, -0.15) is 5.10 Å². The Morgan fingerprint density at radius 1 is 1.11 bits per heavy atom. The smallest absolute Gasteiger partial charge is 0.413 e. The number of hydrogen-bond acceptors (Lipinski definition) is 4. The number of carbonyl (C=O) groups is 2. The molecule has 0 aliphatic heterocycles.